The maximum Gasteiger partial charge on any atom is 0.323 e. The first-order chi connectivity index (χ1) is 14.4. The van der Waals surface area contributed by atoms with E-state index in [-0.39, 0.29) is 24.1 Å². The number of hydrogen-bond donors (Lipinski definition) is 1. The topological polar surface area (TPSA) is 58.6 Å². The lowest BCUT2D eigenvalue weighted by Gasteiger charge is -2.22. The van der Waals surface area contributed by atoms with Crippen molar-refractivity contribution in [2.24, 2.45) is 0 Å². The third-order valence-electron chi connectivity index (χ3n) is 5.43. The van der Waals surface area contributed by atoms with Gasteiger partial charge in [-0.05, 0) is 37.5 Å². The van der Waals surface area contributed by atoms with Crippen LogP contribution in [0.4, 0.5) is 8.78 Å². The van der Waals surface area contributed by atoms with Gasteiger partial charge in [0.05, 0.1) is 7.11 Å². The number of halogens is 2. The van der Waals surface area contributed by atoms with Crippen molar-refractivity contribution >= 4 is 11.9 Å². The predicted molar refractivity (Wildman–Crippen MR) is 109 cm³/mol. The van der Waals surface area contributed by atoms with Crippen LogP contribution in [0.15, 0.2) is 42.5 Å². The molecule has 1 N–H and O–H groups in total. The fourth-order valence-electron chi connectivity index (χ4n) is 3.76. The number of hydrogen-bond acceptors (Lipinski definition) is 4. The average molecular weight is 416 g/mol. The number of carbonyl (C=O) groups is 2. The average Bonchev–Trinajstić information content (AvgIpc) is 3.12. The Kier molecular flexibility index (Phi) is 7.15. The van der Waals surface area contributed by atoms with E-state index in [2.05, 4.69) is 5.32 Å². The summed E-state index contributed by atoms with van der Waals surface area (Å²) >= 11 is 0. The lowest BCUT2D eigenvalue weighted by atomic mass is 10.1. The fourth-order valence-corrected chi connectivity index (χ4v) is 3.76. The molecule has 0 radical (unpaired) electrons. The Morgan fingerprint density at radius 1 is 1.13 bits per heavy atom. The van der Waals surface area contributed by atoms with Gasteiger partial charge in [-0.15, -0.1) is 0 Å². The molecule has 1 saturated heterocycles. The van der Waals surface area contributed by atoms with Crippen molar-refractivity contribution in [2.45, 2.75) is 44.8 Å². The van der Waals surface area contributed by atoms with Crippen molar-refractivity contribution in [3.05, 3.63) is 70.8 Å². The molecule has 0 bridgehead atoms. The Labute approximate surface area is 175 Å². The standard InChI is InChI=1S/C23H26F2N2O3/c1-15-6-8-16(9-7-15)10-11-22(28)26-17-12-21(23(29)30-2)27(13-17)14-18-19(24)4-3-5-20(18)25/h3-9,17,21H,10-14H2,1-2H3,(H,26,28)/t17-,21+/m1/s1. The molecule has 1 aliphatic rings. The first kappa shape index (κ1) is 21.9. The van der Waals surface area contributed by atoms with Gasteiger partial charge in [-0.2, -0.15) is 0 Å². The molecule has 3 rings (SSSR count). The molecule has 0 saturated carbocycles. The number of methoxy groups -OCH3 is 1. The van der Waals surface area contributed by atoms with Crippen LogP contribution in [0.5, 0.6) is 0 Å². The minimum Gasteiger partial charge on any atom is -0.468 e. The van der Waals surface area contributed by atoms with Crippen molar-refractivity contribution in [3.63, 3.8) is 0 Å². The van der Waals surface area contributed by atoms with E-state index in [1.54, 1.807) is 4.90 Å². The summed E-state index contributed by atoms with van der Waals surface area (Å²) in [6.07, 6.45) is 1.27. The fraction of sp³-hybridized carbons (Fsp3) is 0.391. The van der Waals surface area contributed by atoms with Crippen molar-refractivity contribution < 1.29 is 23.1 Å². The second-order valence-electron chi connectivity index (χ2n) is 7.65. The van der Waals surface area contributed by atoms with Crippen molar-refractivity contribution in [1.82, 2.24) is 10.2 Å². The molecule has 160 valence electrons. The summed E-state index contributed by atoms with van der Waals surface area (Å²) in [6.45, 7) is 2.24. The summed E-state index contributed by atoms with van der Waals surface area (Å²) < 4.78 is 33.0. The number of nitrogens with zero attached hydrogens (tertiary/aromatic N) is 1. The van der Waals surface area contributed by atoms with E-state index < -0.39 is 23.6 Å². The largest absolute Gasteiger partial charge is 0.468 e. The molecule has 0 aromatic heterocycles. The van der Waals surface area contributed by atoms with Crippen molar-refractivity contribution in [3.8, 4) is 0 Å². The van der Waals surface area contributed by atoms with Crippen molar-refractivity contribution in [1.29, 1.82) is 0 Å². The monoisotopic (exact) mass is 416 g/mol. The third-order valence-corrected chi connectivity index (χ3v) is 5.43. The molecule has 30 heavy (non-hydrogen) atoms. The van der Waals surface area contributed by atoms with Gasteiger partial charge in [0.2, 0.25) is 5.91 Å². The normalized spacial score (nSPS) is 18.9. The van der Waals surface area contributed by atoms with E-state index in [1.807, 2.05) is 31.2 Å². The molecule has 2 aromatic rings. The van der Waals surface area contributed by atoms with Gasteiger partial charge >= 0.3 is 5.97 Å². The summed E-state index contributed by atoms with van der Waals surface area (Å²) in [4.78, 5) is 26.2. The molecule has 5 nitrogen and oxygen atoms in total. The number of benzene rings is 2. The number of aryl methyl sites for hydroxylation is 2. The van der Waals surface area contributed by atoms with Crippen LogP contribution in [-0.4, -0.2) is 42.5 Å². The van der Waals surface area contributed by atoms with Gasteiger partial charge in [0.15, 0.2) is 0 Å². The second kappa shape index (κ2) is 9.80. The highest BCUT2D eigenvalue weighted by Crippen LogP contribution is 2.24. The van der Waals surface area contributed by atoms with Crippen LogP contribution >= 0.6 is 0 Å². The zero-order valence-electron chi connectivity index (χ0n) is 17.2. The highest BCUT2D eigenvalue weighted by molar-refractivity contribution is 5.78. The SMILES string of the molecule is COC(=O)[C@@H]1C[C@@H](NC(=O)CCc2ccc(C)cc2)CN1Cc1c(F)cccc1F. The van der Waals surface area contributed by atoms with E-state index >= 15 is 0 Å². The van der Waals surface area contributed by atoms with Gasteiger partial charge < -0.3 is 10.1 Å². The van der Waals surface area contributed by atoms with Crippen LogP contribution in [-0.2, 0) is 27.3 Å². The van der Waals surface area contributed by atoms with Gasteiger partial charge in [0, 0.05) is 31.1 Å². The number of rotatable bonds is 7. The highest BCUT2D eigenvalue weighted by Gasteiger charge is 2.38. The maximum absolute atomic E-state index is 14.1. The molecule has 0 aliphatic carbocycles. The lowest BCUT2D eigenvalue weighted by molar-refractivity contribution is -0.146. The number of nitrogens with one attached hydrogen (secondary N) is 1. The summed E-state index contributed by atoms with van der Waals surface area (Å²) in [5.74, 6) is -1.93. The molecule has 1 heterocycles. The van der Waals surface area contributed by atoms with Gasteiger partial charge in [-0.25, -0.2) is 8.78 Å². The number of esters is 1. The Morgan fingerprint density at radius 3 is 2.43 bits per heavy atom. The zero-order valence-corrected chi connectivity index (χ0v) is 17.2. The molecule has 2 atom stereocenters. The van der Waals surface area contributed by atoms with Crippen LogP contribution in [0.3, 0.4) is 0 Å². The minimum atomic E-state index is -0.670. The molecule has 1 aliphatic heterocycles. The first-order valence-corrected chi connectivity index (χ1v) is 9.97. The predicted octanol–water partition coefficient (Wildman–Crippen LogP) is 3.14. The van der Waals surface area contributed by atoms with Gasteiger partial charge in [-0.1, -0.05) is 35.9 Å². The molecule has 0 spiro atoms. The Bertz CT molecular complexity index is 882. The van der Waals surface area contributed by atoms with Crippen molar-refractivity contribution in [2.75, 3.05) is 13.7 Å². The van der Waals surface area contributed by atoms with Crippen LogP contribution in [0.2, 0.25) is 0 Å². The smallest absolute Gasteiger partial charge is 0.323 e. The van der Waals surface area contributed by atoms with Crippen LogP contribution < -0.4 is 5.32 Å². The molecular formula is C23H26F2N2O3. The number of carbonyl (C=O) groups excluding carboxylic acids is 2. The van der Waals surface area contributed by atoms with E-state index in [9.17, 15) is 18.4 Å². The molecule has 0 unspecified atom stereocenters. The molecule has 2 aromatic carbocycles. The second-order valence-corrected chi connectivity index (χ2v) is 7.65. The van der Waals surface area contributed by atoms with Crippen LogP contribution in [0.25, 0.3) is 0 Å². The Hall–Kier alpha value is -2.80. The summed E-state index contributed by atoms with van der Waals surface area (Å²) in [5, 5.41) is 2.94. The Balaban J connectivity index is 1.61. The Morgan fingerprint density at radius 2 is 1.80 bits per heavy atom. The third kappa shape index (κ3) is 5.42. The van der Waals surface area contributed by atoms with Crippen LogP contribution in [0, 0.1) is 18.6 Å². The maximum atomic E-state index is 14.1. The zero-order chi connectivity index (χ0) is 21.7. The lowest BCUT2D eigenvalue weighted by Crippen LogP contribution is -2.38. The van der Waals surface area contributed by atoms with E-state index in [1.165, 1.54) is 25.3 Å². The van der Waals surface area contributed by atoms with E-state index in [4.69, 9.17) is 4.74 Å². The van der Waals surface area contributed by atoms with E-state index in [0.29, 0.717) is 25.8 Å². The first-order valence-electron chi connectivity index (χ1n) is 9.97. The van der Waals surface area contributed by atoms with Crippen LogP contribution in [0.1, 0.15) is 29.5 Å². The molecule has 1 fully saturated rings. The highest BCUT2D eigenvalue weighted by atomic mass is 19.1. The minimum absolute atomic E-state index is 0.0754. The summed E-state index contributed by atoms with van der Waals surface area (Å²) in [6, 6.07) is 10.7. The van der Waals surface area contributed by atoms with Gasteiger partial charge in [0.25, 0.3) is 0 Å². The number of likely N-dealkylation sites (tertiary alicyclic amines) is 1. The van der Waals surface area contributed by atoms with Gasteiger partial charge in [-0.3, -0.25) is 14.5 Å². The summed E-state index contributed by atoms with van der Waals surface area (Å²) in [7, 11) is 1.28. The molecular weight excluding hydrogens is 390 g/mol. The quantitative estimate of drug-likeness (QED) is 0.705. The summed E-state index contributed by atoms with van der Waals surface area (Å²) in [5.41, 5.74) is 2.14. The number of amides is 1. The number of ether oxygens (including phenoxy) is 1. The van der Waals surface area contributed by atoms with Gasteiger partial charge in [0.1, 0.15) is 17.7 Å². The molecule has 7 heteroatoms. The molecule has 1 amide bonds. The van der Waals surface area contributed by atoms with E-state index in [0.717, 1.165) is 11.1 Å².